The molecule has 3 heteroatoms. The Morgan fingerprint density at radius 2 is 1.32 bits per heavy atom. The Labute approximate surface area is 166 Å². The van der Waals surface area contributed by atoms with Gasteiger partial charge in [-0.25, -0.2) is 0 Å². The second-order valence-electron chi connectivity index (χ2n) is 7.51. The van der Waals surface area contributed by atoms with Crippen LogP contribution >= 0.6 is 0 Å². The van der Waals surface area contributed by atoms with Gasteiger partial charge >= 0.3 is 0 Å². The van der Waals surface area contributed by atoms with Crippen molar-refractivity contribution in [3.63, 3.8) is 0 Å². The molecule has 0 amide bonds. The van der Waals surface area contributed by atoms with Gasteiger partial charge in [-0.05, 0) is 36.1 Å². The van der Waals surface area contributed by atoms with Crippen LogP contribution in [-0.4, -0.2) is 14.8 Å². The minimum Gasteiger partial charge on any atom is -0.278 e. The summed E-state index contributed by atoms with van der Waals surface area (Å²) in [5, 5.41) is 9.15. The van der Waals surface area contributed by atoms with Crippen LogP contribution in [0.4, 0.5) is 0 Å². The van der Waals surface area contributed by atoms with Crippen molar-refractivity contribution in [1.82, 2.24) is 14.8 Å². The lowest BCUT2D eigenvalue weighted by Gasteiger charge is -2.20. The SMILES string of the molecule is Cc1ccc(-c2ccccc2)c(C)c1-n1c(-c2ccccc2)nnc1C(C)C. The van der Waals surface area contributed by atoms with Crippen LogP contribution in [0.5, 0.6) is 0 Å². The fourth-order valence-electron chi connectivity index (χ4n) is 3.77. The van der Waals surface area contributed by atoms with E-state index in [1.165, 1.54) is 27.9 Å². The Kier molecular flexibility index (Phi) is 4.82. The molecule has 0 radical (unpaired) electrons. The molecule has 0 saturated heterocycles. The van der Waals surface area contributed by atoms with Crippen LogP contribution in [0.25, 0.3) is 28.2 Å². The maximum atomic E-state index is 4.58. The highest BCUT2D eigenvalue weighted by Crippen LogP contribution is 2.34. The van der Waals surface area contributed by atoms with Crippen LogP contribution in [-0.2, 0) is 0 Å². The molecule has 4 rings (SSSR count). The highest BCUT2D eigenvalue weighted by Gasteiger charge is 2.21. The summed E-state index contributed by atoms with van der Waals surface area (Å²) in [6.45, 7) is 8.70. The Morgan fingerprint density at radius 1 is 0.714 bits per heavy atom. The molecule has 1 aromatic heterocycles. The van der Waals surface area contributed by atoms with Gasteiger partial charge in [0.1, 0.15) is 5.82 Å². The van der Waals surface area contributed by atoms with Gasteiger partial charge in [-0.2, -0.15) is 0 Å². The zero-order chi connectivity index (χ0) is 19.7. The first-order valence-corrected chi connectivity index (χ1v) is 9.74. The summed E-state index contributed by atoms with van der Waals surface area (Å²) in [7, 11) is 0. The normalized spacial score (nSPS) is 11.2. The maximum Gasteiger partial charge on any atom is 0.168 e. The predicted octanol–water partition coefficient (Wildman–Crippen LogP) is 6.34. The van der Waals surface area contributed by atoms with Crippen LogP contribution in [0.2, 0.25) is 0 Å². The molecule has 0 aliphatic heterocycles. The minimum absolute atomic E-state index is 0.268. The highest BCUT2D eigenvalue weighted by atomic mass is 15.3. The van der Waals surface area contributed by atoms with E-state index in [0.29, 0.717) is 0 Å². The molecule has 0 aliphatic carbocycles. The largest absolute Gasteiger partial charge is 0.278 e. The highest BCUT2D eigenvalue weighted by molar-refractivity contribution is 5.74. The third-order valence-electron chi connectivity index (χ3n) is 5.18. The lowest BCUT2D eigenvalue weighted by Crippen LogP contribution is -2.09. The minimum atomic E-state index is 0.268. The summed E-state index contributed by atoms with van der Waals surface area (Å²) in [6, 6.07) is 25.3. The third-order valence-corrected chi connectivity index (χ3v) is 5.18. The fraction of sp³-hybridized carbons (Fsp3) is 0.200. The van der Waals surface area contributed by atoms with Gasteiger partial charge < -0.3 is 0 Å². The van der Waals surface area contributed by atoms with Crippen molar-refractivity contribution in [2.24, 2.45) is 0 Å². The summed E-state index contributed by atoms with van der Waals surface area (Å²) in [4.78, 5) is 0. The summed E-state index contributed by atoms with van der Waals surface area (Å²) in [5.41, 5.74) is 7.17. The molecule has 3 nitrogen and oxygen atoms in total. The van der Waals surface area contributed by atoms with Gasteiger partial charge in [-0.15, -0.1) is 10.2 Å². The number of benzene rings is 3. The van der Waals surface area contributed by atoms with Gasteiger partial charge in [0.25, 0.3) is 0 Å². The van der Waals surface area contributed by atoms with Crippen LogP contribution in [0, 0.1) is 13.8 Å². The van der Waals surface area contributed by atoms with Gasteiger partial charge in [0.15, 0.2) is 5.82 Å². The topological polar surface area (TPSA) is 30.7 Å². The molecule has 0 fully saturated rings. The van der Waals surface area contributed by atoms with Gasteiger partial charge in [0, 0.05) is 11.5 Å². The molecule has 4 aromatic rings. The van der Waals surface area contributed by atoms with Crippen molar-refractivity contribution < 1.29 is 0 Å². The Morgan fingerprint density at radius 3 is 1.93 bits per heavy atom. The van der Waals surface area contributed by atoms with E-state index in [0.717, 1.165) is 17.2 Å². The third kappa shape index (κ3) is 3.13. The van der Waals surface area contributed by atoms with E-state index in [-0.39, 0.29) is 5.92 Å². The maximum absolute atomic E-state index is 4.58. The molecule has 0 spiro atoms. The van der Waals surface area contributed by atoms with E-state index in [2.05, 4.69) is 97.1 Å². The lowest BCUT2D eigenvalue weighted by molar-refractivity contribution is 0.744. The molecule has 0 bridgehead atoms. The molecular weight excluding hydrogens is 342 g/mol. The molecule has 1 heterocycles. The van der Waals surface area contributed by atoms with Crippen LogP contribution in [0.3, 0.4) is 0 Å². The number of aryl methyl sites for hydroxylation is 1. The number of hydrogen-bond acceptors (Lipinski definition) is 2. The van der Waals surface area contributed by atoms with E-state index in [9.17, 15) is 0 Å². The van der Waals surface area contributed by atoms with Crippen molar-refractivity contribution in [3.8, 4) is 28.2 Å². The zero-order valence-corrected chi connectivity index (χ0v) is 16.8. The first-order chi connectivity index (χ1) is 13.6. The smallest absolute Gasteiger partial charge is 0.168 e. The number of aromatic nitrogens is 3. The van der Waals surface area contributed by atoms with E-state index in [4.69, 9.17) is 0 Å². The number of hydrogen-bond donors (Lipinski definition) is 0. The average molecular weight is 367 g/mol. The van der Waals surface area contributed by atoms with Gasteiger partial charge in [0.2, 0.25) is 0 Å². The Balaban J connectivity index is 2.01. The summed E-state index contributed by atoms with van der Waals surface area (Å²) < 4.78 is 2.25. The second kappa shape index (κ2) is 7.43. The quantitative estimate of drug-likeness (QED) is 0.421. The molecule has 0 aliphatic rings. The van der Waals surface area contributed by atoms with Crippen LogP contribution in [0.1, 0.15) is 36.7 Å². The first kappa shape index (κ1) is 18.2. The molecule has 0 N–H and O–H groups in total. The van der Waals surface area contributed by atoms with Crippen molar-refractivity contribution >= 4 is 0 Å². The van der Waals surface area contributed by atoms with E-state index in [1.807, 2.05) is 18.2 Å². The van der Waals surface area contributed by atoms with Crippen molar-refractivity contribution in [2.45, 2.75) is 33.6 Å². The van der Waals surface area contributed by atoms with E-state index < -0.39 is 0 Å². The lowest BCUT2D eigenvalue weighted by atomic mass is 9.96. The molecular formula is C25H25N3. The Hall–Kier alpha value is -3.20. The molecule has 0 atom stereocenters. The summed E-state index contributed by atoms with van der Waals surface area (Å²) >= 11 is 0. The summed E-state index contributed by atoms with van der Waals surface area (Å²) in [5.74, 6) is 2.14. The van der Waals surface area contributed by atoms with E-state index in [1.54, 1.807) is 0 Å². The molecule has 28 heavy (non-hydrogen) atoms. The van der Waals surface area contributed by atoms with Crippen molar-refractivity contribution in [1.29, 1.82) is 0 Å². The Bertz CT molecular complexity index is 1090. The molecule has 140 valence electrons. The van der Waals surface area contributed by atoms with Crippen molar-refractivity contribution in [2.75, 3.05) is 0 Å². The average Bonchev–Trinajstić information content (AvgIpc) is 3.14. The monoisotopic (exact) mass is 367 g/mol. The van der Waals surface area contributed by atoms with Crippen molar-refractivity contribution in [3.05, 3.63) is 89.7 Å². The zero-order valence-electron chi connectivity index (χ0n) is 16.8. The van der Waals surface area contributed by atoms with Gasteiger partial charge in [0.05, 0.1) is 5.69 Å². The predicted molar refractivity (Wildman–Crippen MR) is 116 cm³/mol. The van der Waals surface area contributed by atoms with Crippen LogP contribution in [0.15, 0.2) is 72.8 Å². The van der Waals surface area contributed by atoms with Crippen LogP contribution < -0.4 is 0 Å². The fourth-order valence-corrected chi connectivity index (χ4v) is 3.77. The summed E-state index contributed by atoms with van der Waals surface area (Å²) in [6.07, 6.45) is 0. The molecule has 0 saturated carbocycles. The number of rotatable bonds is 4. The standard InChI is InChI=1S/C25H25N3/c1-17(2)24-26-27-25(21-13-9-6-10-14-21)28(24)23-18(3)15-16-22(19(23)4)20-11-7-5-8-12-20/h5-17H,1-4H3. The van der Waals surface area contributed by atoms with Gasteiger partial charge in [-0.3, -0.25) is 4.57 Å². The van der Waals surface area contributed by atoms with Gasteiger partial charge in [-0.1, -0.05) is 86.6 Å². The van der Waals surface area contributed by atoms with E-state index >= 15 is 0 Å². The second-order valence-corrected chi connectivity index (χ2v) is 7.51. The molecule has 3 aromatic carbocycles. The first-order valence-electron chi connectivity index (χ1n) is 9.74. The number of nitrogens with zero attached hydrogens (tertiary/aromatic N) is 3. The molecule has 0 unspecified atom stereocenters.